The molecule has 0 unspecified atom stereocenters. The number of rotatable bonds is 3. The van der Waals surface area contributed by atoms with Gasteiger partial charge >= 0.3 is 0 Å². The van der Waals surface area contributed by atoms with Crippen LogP contribution in [0, 0.1) is 5.41 Å². The van der Waals surface area contributed by atoms with Gasteiger partial charge in [0.25, 0.3) is 0 Å². The van der Waals surface area contributed by atoms with E-state index in [0.29, 0.717) is 21.3 Å². The fourth-order valence-electron chi connectivity index (χ4n) is 2.60. The summed E-state index contributed by atoms with van der Waals surface area (Å²) in [5, 5.41) is 3.39. The molecule has 1 aliphatic rings. The molecule has 0 heterocycles. The Balaban J connectivity index is 2.13. The van der Waals surface area contributed by atoms with Crippen molar-refractivity contribution in [2.24, 2.45) is 11.1 Å². The van der Waals surface area contributed by atoms with Crippen LogP contribution in [0.1, 0.15) is 44.6 Å². The Morgan fingerprint density at radius 2 is 2.00 bits per heavy atom. The van der Waals surface area contributed by atoms with Gasteiger partial charge in [0.1, 0.15) is 4.99 Å². The van der Waals surface area contributed by atoms with Gasteiger partial charge in [-0.3, -0.25) is 4.79 Å². The van der Waals surface area contributed by atoms with Gasteiger partial charge in [-0.2, -0.15) is 0 Å². The summed E-state index contributed by atoms with van der Waals surface area (Å²) in [6, 6.07) is 5.21. The number of nitrogens with two attached hydrogens (primary N) is 1. The highest BCUT2D eigenvalue weighted by Gasteiger charge is 2.34. The SMILES string of the molecule is CC1(C(=O)Nc2ccc(C(N)=S)cc2Cl)CCCCC1. The second-order valence-corrected chi connectivity index (χ2v) is 6.48. The maximum Gasteiger partial charge on any atom is 0.230 e. The van der Waals surface area contributed by atoms with E-state index < -0.39 is 0 Å². The maximum absolute atomic E-state index is 12.4. The molecule has 20 heavy (non-hydrogen) atoms. The summed E-state index contributed by atoms with van der Waals surface area (Å²) in [5.74, 6) is 0.0437. The highest BCUT2D eigenvalue weighted by Crippen LogP contribution is 2.37. The Bertz CT molecular complexity index is 539. The van der Waals surface area contributed by atoms with E-state index in [1.165, 1.54) is 6.42 Å². The average molecular weight is 311 g/mol. The van der Waals surface area contributed by atoms with E-state index in [9.17, 15) is 4.79 Å². The Labute approximate surface area is 129 Å². The smallest absolute Gasteiger partial charge is 0.230 e. The lowest BCUT2D eigenvalue weighted by Gasteiger charge is -2.32. The molecule has 5 heteroatoms. The minimum absolute atomic E-state index is 0.0437. The van der Waals surface area contributed by atoms with Crippen molar-refractivity contribution in [3.63, 3.8) is 0 Å². The number of carbonyl (C=O) groups excluding carboxylic acids is 1. The van der Waals surface area contributed by atoms with Gasteiger partial charge in [-0.1, -0.05) is 50.0 Å². The topological polar surface area (TPSA) is 55.1 Å². The quantitative estimate of drug-likeness (QED) is 0.833. The normalized spacial score (nSPS) is 17.5. The number of benzene rings is 1. The van der Waals surface area contributed by atoms with Crippen molar-refractivity contribution in [1.82, 2.24) is 0 Å². The molecule has 2 rings (SSSR count). The van der Waals surface area contributed by atoms with Crippen LogP contribution in [0.25, 0.3) is 0 Å². The summed E-state index contributed by atoms with van der Waals surface area (Å²) in [6.07, 6.45) is 5.30. The summed E-state index contributed by atoms with van der Waals surface area (Å²) >= 11 is 11.1. The first kappa shape index (κ1) is 15.3. The average Bonchev–Trinajstić information content (AvgIpc) is 2.41. The standard InChI is InChI=1S/C15H19ClN2OS/c1-15(7-3-2-4-8-15)14(19)18-12-6-5-10(13(17)20)9-11(12)16/h5-6,9H,2-4,7-8H2,1H3,(H2,17,20)(H,18,19). The monoisotopic (exact) mass is 310 g/mol. The Kier molecular flexibility index (Phi) is 4.66. The molecular weight excluding hydrogens is 292 g/mol. The number of amides is 1. The molecule has 0 bridgehead atoms. The summed E-state index contributed by atoms with van der Waals surface area (Å²) < 4.78 is 0. The third-order valence-electron chi connectivity index (χ3n) is 4.01. The molecule has 1 fully saturated rings. The maximum atomic E-state index is 12.4. The first-order valence-electron chi connectivity index (χ1n) is 6.83. The third-order valence-corrected chi connectivity index (χ3v) is 4.56. The van der Waals surface area contributed by atoms with Crippen molar-refractivity contribution >= 4 is 40.4 Å². The van der Waals surface area contributed by atoms with Gasteiger partial charge in [-0.15, -0.1) is 0 Å². The van der Waals surface area contributed by atoms with Gasteiger partial charge in [-0.25, -0.2) is 0 Å². The van der Waals surface area contributed by atoms with Crippen LogP contribution >= 0.6 is 23.8 Å². The summed E-state index contributed by atoms with van der Waals surface area (Å²) in [5.41, 5.74) is 6.58. The summed E-state index contributed by atoms with van der Waals surface area (Å²) in [4.78, 5) is 12.7. The number of carbonyl (C=O) groups is 1. The molecule has 0 aliphatic heterocycles. The lowest BCUT2D eigenvalue weighted by Crippen LogP contribution is -2.35. The van der Waals surface area contributed by atoms with Crippen LogP contribution < -0.4 is 11.1 Å². The molecule has 0 radical (unpaired) electrons. The van der Waals surface area contributed by atoms with Gasteiger partial charge in [0.15, 0.2) is 0 Å². The van der Waals surface area contributed by atoms with Gasteiger partial charge in [0.2, 0.25) is 5.91 Å². The van der Waals surface area contributed by atoms with Crippen LogP contribution in [0.4, 0.5) is 5.69 Å². The van der Waals surface area contributed by atoms with Gasteiger partial charge in [-0.05, 0) is 31.0 Å². The van der Waals surface area contributed by atoms with E-state index in [1.54, 1.807) is 18.2 Å². The predicted molar refractivity (Wildman–Crippen MR) is 87.2 cm³/mol. The van der Waals surface area contributed by atoms with Crippen molar-refractivity contribution < 1.29 is 4.79 Å². The second kappa shape index (κ2) is 6.10. The Morgan fingerprint density at radius 3 is 2.55 bits per heavy atom. The van der Waals surface area contributed by atoms with Gasteiger partial charge in [0.05, 0.1) is 10.7 Å². The molecule has 108 valence electrons. The zero-order valence-electron chi connectivity index (χ0n) is 11.5. The minimum Gasteiger partial charge on any atom is -0.389 e. The molecule has 3 N–H and O–H groups in total. The number of hydrogen-bond acceptors (Lipinski definition) is 2. The Morgan fingerprint density at radius 1 is 1.35 bits per heavy atom. The first-order valence-corrected chi connectivity index (χ1v) is 7.62. The second-order valence-electron chi connectivity index (χ2n) is 5.63. The molecule has 0 saturated heterocycles. The van der Waals surface area contributed by atoms with E-state index in [0.717, 1.165) is 25.7 Å². The fraction of sp³-hybridized carbons (Fsp3) is 0.467. The van der Waals surface area contributed by atoms with Crippen molar-refractivity contribution in [1.29, 1.82) is 0 Å². The van der Waals surface area contributed by atoms with Gasteiger partial charge < -0.3 is 11.1 Å². The van der Waals surface area contributed by atoms with Crippen LogP contribution in [0.3, 0.4) is 0 Å². The molecular formula is C15H19ClN2OS. The molecule has 1 aromatic carbocycles. The van der Waals surface area contributed by atoms with Crippen LogP contribution in [0.5, 0.6) is 0 Å². The molecule has 0 atom stereocenters. The predicted octanol–water partition coefficient (Wildman–Crippen LogP) is 3.88. The van der Waals surface area contributed by atoms with Crippen molar-refractivity contribution in [3.8, 4) is 0 Å². The zero-order chi connectivity index (χ0) is 14.8. The summed E-state index contributed by atoms with van der Waals surface area (Å²) in [7, 11) is 0. The van der Waals surface area contributed by atoms with Crippen molar-refractivity contribution in [2.75, 3.05) is 5.32 Å². The van der Waals surface area contributed by atoms with E-state index in [2.05, 4.69) is 5.32 Å². The molecule has 1 amide bonds. The van der Waals surface area contributed by atoms with Crippen LogP contribution in [0.2, 0.25) is 5.02 Å². The van der Waals surface area contributed by atoms with Crippen LogP contribution in [-0.4, -0.2) is 10.9 Å². The highest BCUT2D eigenvalue weighted by molar-refractivity contribution is 7.80. The Hall–Kier alpha value is -1.13. The molecule has 1 aromatic rings. The van der Waals surface area contributed by atoms with E-state index in [-0.39, 0.29) is 11.3 Å². The number of hydrogen-bond donors (Lipinski definition) is 2. The van der Waals surface area contributed by atoms with Crippen LogP contribution in [-0.2, 0) is 4.79 Å². The summed E-state index contributed by atoms with van der Waals surface area (Å²) in [6.45, 7) is 2.03. The van der Waals surface area contributed by atoms with E-state index in [4.69, 9.17) is 29.6 Å². The molecule has 0 spiro atoms. The largest absolute Gasteiger partial charge is 0.389 e. The molecule has 3 nitrogen and oxygen atoms in total. The molecule has 1 aliphatic carbocycles. The van der Waals surface area contributed by atoms with E-state index >= 15 is 0 Å². The fourth-order valence-corrected chi connectivity index (χ4v) is 2.96. The number of thiocarbonyl (C=S) groups is 1. The van der Waals surface area contributed by atoms with Crippen molar-refractivity contribution in [2.45, 2.75) is 39.0 Å². The first-order chi connectivity index (χ1) is 9.42. The number of halogens is 1. The zero-order valence-corrected chi connectivity index (χ0v) is 13.1. The van der Waals surface area contributed by atoms with E-state index in [1.807, 2.05) is 6.92 Å². The number of anilines is 1. The minimum atomic E-state index is -0.288. The number of nitrogens with one attached hydrogen (secondary N) is 1. The van der Waals surface area contributed by atoms with Crippen LogP contribution in [0.15, 0.2) is 18.2 Å². The van der Waals surface area contributed by atoms with Gasteiger partial charge in [0, 0.05) is 11.0 Å². The third kappa shape index (κ3) is 3.30. The molecule has 1 saturated carbocycles. The highest BCUT2D eigenvalue weighted by atomic mass is 35.5. The molecule has 0 aromatic heterocycles. The lowest BCUT2D eigenvalue weighted by molar-refractivity contribution is -0.126. The van der Waals surface area contributed by atoms with Crippen molar-refractivity contribution in [3.05, 3.63) is 28.8 Å². The lowest BCUT2D eigenvalue weighted by atomic mass is 9.75.